The summed E-state index contributed by atoms with van der Waals surface area (Å²) in [4.78, 5) is 31.0. The van der Waals surface area contributed by atoms with Gasteiger partial charge in [-0.1, -0.05) is 22.9 Å². The first-order chi connectivity index (χ1) is 18.2. The molecule has 1 unspecified atom stereocenters. The van der Waals surface area contributed by atoms with Crippen molar-refractivity contribution in [1.82, 2.24) is 25.3 Å². The van der Waals surface area contributed by atoms with Crippen molar-refractivity contribution in [3.63, 3.8) is 0 Å². The van der Waals surface area contributed by atoms with Crippen molar-refractivity contribution in [1.29, 1.82) is 5.26 Å². The Bertz CT molecular complexity index is 1500. The van der Waals surface area contributed by atoms with Gasteiger partial charge in [-0.2, -0.15) is 5.26 Å². The van der Waals surface area contributed by atoms with E-state index in [4.69, 9.17) is 0 Å². The van der Waals surface area contributed by atoms with E-state index in [-0.39, 0.29) is 41.2 Å². The lowest BCUT2D eigenvalue weighted by atomic mass is 9.74. The van der Waals surface area contributed by atoms with Gasteiger partial charge in [-0.3, -0.25) is 14.5 Å². The van der Waals surface area contributed by atoms with Gasteiger partial charge in [0.15, 0.2) is 17.3 Å². The van der Waals surface area contributed by atoms with Gasteiger partial charge in [0.1, 0.15) is 0 Å². The molecule has 3 fully saturated rings. The summed E-state index contributed by atoms with van der Waals surface area (Å²) in [6, 6.07) is 7.66. The number of fused-ring (bicyclic) bond motifs is 1. The highest BCUT2D eigenvalue weighted by Gasteiger charge is 2.53. The fourth-order valence-electron chi connectivity index (χ4n) is 5.74. The average molecular weight is 514 g/mol. The zero-order chi connectivity index (χ0) is 26.7. The Morgan fingerprint density at radius 2 is 2.05 bits per heavy atom. The van der Waals surface area contributed by atoms with Gasteiger partial charge in [0.05, 0.1) is 23.9 Å². The Morgan fingerprint density at radius 3 is 2.76 bits per heavy atom. The quantitative estimate of drug-likeness (QED) is 0.539. The zero-order valence-corrected chi connectivity index (χ0v) is 21.5. The van der Waals surface area contributed by atoms with Crippen molar-refractivity contribution >= 4 is 17.6 Å². The number of hydrogen-bond donors (Lipinski definition) is 1. The molecule has 2 amide bonds. The van der Waals surface area contributed by atoms with Crippen LogP contribution in [0.2, 0.25) is 0 Å². The molecule has 10 heteroatoms. The maximum atomic E-state index is 15.3. The van der Waals surface area contributed by atoms with E-state index in [1.807, 2.05) is 32.0 Å². The van der Waals surface area contributed by atoms with Crippen LogP contribution in [0.25, 0.3) is 0 Å². The van der Waals surface area contributed by atoms with E-state index in [0.29, 0.717) is 29.2 Å². The Labute approximate surface area is 219 Å². The summed E-state index contributed by atoms with van der Waals surface area (Å²) in [5, 5.41) is 20.6. The van der Waals surface area contributed by atoms with Crippen molar-refractivity contribution in [3.05, 3.63) is 69.9 Å². The summed E-state index contributed by atoms with van der Waals surface area (Å²) >= 11 is 0. The number of carbonyl (C=O) groups excluding carboxylic acids is 2. The Morgan fingerprint density at radius 1 is 1.26 bits per heavy atom. The second-order valence-corrected chi connectivity index (χ2v) is 10.8. The number of halogens is 1. The van der Waals surface area contributed by atoms with Gasteiger partial charge in [0.2, 0.25) is 5.91 Å². The fourth-order valence-corrected chi connectivity index (χ4v) is 5.74. The lowest BCUT2D eigenvalue weighted by Crippen LogP contribution is -2.43. The minimum absolute atomic E-state index is 0.00505. The molecule has 6 rings (SSSR count). The minimum atomic E-state index is -0.505. The fraction of sp³-hybridized carbons (Fsp3) is 0.429. The number of rotatable bonds is 6. The number of anilines is 1. The van der Waals surface area contributed by atoms with Gasteiger partial charge in [0.25, 0.3) is 5.91 Å². The van der Waals surface area contributed by atoms with E-state index in [9.17, 15) is 14.9 Å². The summed E-state index contributed by atoms with van der Waals surface area (Å²) in [6.45, 7) is 6.02. The summed E-state index contributed by atoms with van der Waals surface area (Å²) in [7, 11) is 0. The molecule has 1 aliphatic heterocycles. The molecule has 0 spiro atoms. The standard InChI is InChI=1S/C28H28FN7O2/c1-14-4-5-17(10-30)21(6-14)18-7-20(8-18)32-27(37)24-13-36(34-33-24)16(3)23-11-31-26(25(29)15(23)2)35-12-19-9-22(19)28(35)38/h4-6,11,13,16,18-20,22H,7-9,12H2,1-3H3,(H,32,37)/t16?,18?,19-,20?,22-/m1/s1. The first-order valence-corrected chi connectivity index (χ1v) is 12.9. The van der Waals surface area contributed by atoms with Crippen molar-refractivity contribution in [2.24, 2.45) is 11.8 Å². The summed E-state index contributed by atoms with van der Waals surface area (Å²) in [5.41, 5.74) is 4.00. The van der Waals surface area contributed by atoms with Crippen LogP contribution in [0.15, 0.2) is 30.6 Å². The van der Waals surface area contributed by atoms with Gasteiger partial charge < -0.3 is 5.32 Å². The highest BCUT2D eigenvalue weighted by Crippen LogP contribution is 2.47. The normalized spacial score (nSPS) is 24.4. The number of carbonyl (C=O) groups is 2. The number of piperidine rings is 1. The first-order valence-electron chi connectivity index (χ1n) is 12.9. The zero-order valence-electron chi connectivity index (χ0n) is 21.5. The Balaban J connectivity index is 1.11. The van der Waals surface area contributed by atoms with Gasteiger partial charge in [0, 0.05) is 30.3 Å². The predicted molar refractivity (Wildman–Crippen MR) is 136 cm³/mol. The highest BCUT2D eigenvalue weighted by atomic mass is 19.1. The van der Waals surface area contributed by atoms with Crippen molar-refractivity contribution in [2.75, 3.05) is 11.4 Å². The molecule has 9 nitrogen and oxygen atoms in total. The van der Waals surface area contributed by atoms with Crippen molar-refractivity contribution in [3.8, 4) is 6.07 Å². The van der Waals surface area contributed by atoms with E-state index in [0.717, 1.165) is 30.4 Å². The molecule has 3 atom stereocenters. The number of nitriles is 1. The van der Waals surface area contributed by atoms with E-state index in [1.54, 1.807) is 19.3 Å². The number of aromatic nitrogens is 4. The van der Waals surface area contributed by atoms with Crippen LogP contribution in [0.4, 0.5) is 10.2 Å². The van der Waals surface area contributed by atoms with Crippen molar-refractivity contribution in [2.45, 2.75) is 58.0 Å². The monoisotopic (exact) mass is 513 g/mol. The van der Waals surface area contributed by atoms with Crippen LogP contribution in [0.1, 0.15) is 76.5 Å². The number of nitrogens with one attached hydrogen (secondary N) is 1. The molecule has 3 aliphatic rings. The Kier molecular flexibility index (Phi) is 5.74. The second kappa shape index (κ2) is 9.01. The van der Waals surface area contributed by atoms with Crippen LogP contribution in [-0.4, -0.2) is 44.4 Å². The third kappa shape index (κ3) is 4.02. The average Bonchev–Trinajstić information content (AvgIpc) is 3.33. The van der Waals surface area contributed by atoms with Crippen molar-refractivity contribution < 1.29 is 14.0 Å². The number of hydrogen-bond acceptors (Lipinski definition) is 6. The Hall–Kier alpha value is -4.13. The lowest BCUT2D eigenvalue weighted by Gasteiger charge is -2.36. The molecule has 0 radical (unpaired) electrons. The summed E-state index contributed by atoms with van der Waals surface area (Å²) < 4.78 is 16.8. The number of pyridine rings is 1. The first kappa shape index (κ1) is 24.2. The van der Waals surface area contributed by atoms with Crippen LogP contribution in [0, 0.1) is 42.8 Å². The second-order valence-electron chi connectivity index (χ2n) is 10.8. The molecule has 194 valence electrons. The van der Waals surface area contributed by atoms with Crippen LogP contribution in [-0.2, 0) is 4.79 Å². The largest absolute Gasteiger partial charge is 0.348 e. The van der Waals surface area contributed by atoms with E-state index in [2.05, 4.69) is 26.7 Å². The van der Waals surface area contributed by atoms with Gasteiger partial charge in [-0.25, -0.2) is 14.1 Å². The van der Waals surface area contributed by atoms with Crippen LogP contribution in [0.5, 0.6) is 0 Å². The highest BCUT2D eigenvalue weighted by molar-refractivity contribution is 5.99. The van der Waals surface area contributed by atoms with E-state index < -0.39 is 11.9 Å². The molecular weight excluding hydrogens is 485 g/mol. The number of aryl methyl sites for hydroxylation is 1. The SMILES string of the molecule is Cc1ccc(C#N)c(C2CC(NC(=O)c3cn(C(C)c4cnc(N5C[C@H]6C[C@H]6C5=O)c(F)c4C)nn3)C2)c1. The van der Waals surface area contributed by atoms with E-state index >= 15 is 4.39 Å². The molecule has 1 N–H and O–H groups in total. The molecule has 3 aromatic rings. The topological polar surface area (TPSA) is 117 Å². The lowest BCUT2D eigenvalue weighted by molar-refractivity contribution is -0.118. The third-order valence-electron chi connectivity index (χ3n) is 8.29. The molecular formula is C28H28FN7O2. The molecule has 2 aromatic heterocycles. The molecule has 1 aromatic carbocycles. The van der Waals surface area contributed by atoms with Gasteiger partial charge >= 0.3 is 0 Å². The summed E-state index contributed by atoms with van der Waals surface area (Å²) in [6.07, 6.45) is 5.53. The maximum Gasteiger partial charge on any atom is 0.273 e. The molecule has 1 saturated heterocycles. The number of amides is 2. The van der Waals surface area contributed by atoms with E-state index in [1.165, 1.54) is 9.58 Å². The van der Waals surface area contributed by atoms with Crippen LogP contribution < -0.4 is 10.2 Å². The molecule has 38 heavy (non-hydrogen) atoms. The predicted octanol–water partition coefficient (Wildman–Crippen LogP) is 3.57. The molecule has 0 bridgehead atoms. The van der Waals surface area contributed by atoms with Gasteiger partial charge in [-0.15, -0.1) is 5.10 Å². The van der Waals surface area contributed by atoms with Crippen LogP contribution in [0.3, 0.4) is 0 Å². The smallest absolute Gasteiger partial charge is 0.273 e. The van der Waals surface area contributed by atoms with Crippen LogP contribution >= 0.6 is 0 Å². The van der Waals surface area contributed by atoms with Gasteiger partial charge in [-0.05, 0) is 69.1 Å². The number of benzene rings is 1. The number of nitrogens with zero attached hydrogens (tertiary/aromatic N) is 6. The summed E-state index contributed by atoms with van der Waals surface area (Å²) in [5.74, 6) is -0.199. The third-order valence-corrected chi connectivity index (χ3v) is 8.29. The molecule has 2 aliphatic carbocycles. The molecule has 2 saturated carbocycles. The molecule has 3 heterocycles. The maximum absolute atomic E-state index is 15.3. The minimum Gasteiger partial charge on any atom is -0.348 e.